The first kappa shape index (κ1) is 27.3. The molecule has 0 amide bonds. The Hall–Kier alpha value is -2.71. The molecule has 0 bridgehead atoms. The van der Waals surface area contributed by atoms with Gasteiger partial charge in [0.1, 0.15) is 17.1 Å². The number of halogens is 2. The molecule has 0 radical (unpaired) electrons. The van der Waals surface area contributed by atoms with Crippen molar-refractivity contribution in [1.82, 2.24) is 0 Å². The zero-order chi connectivity index (χ0) is 27.1. The van der Waals surface area contributed by atoms with Crippen LogP contribution in [0, 0.1) is 0 Å². The van der Waals surface area contributed by atoms with Gasteiger partial charge in [-0.25, -0.2) is 22.0 Å². The van der Waals surface area contributed by atoms with E-state index in [1.807, 2.05) is 6.92 Å². The molecule has 194 valence electrons. The molecule has 37 heavy (non-hydrogen) atoms. The lowest BCUT2D eigenvalue weighted by Crippen LogP contribution is -2.14. The van der Waals surface area contributed by atoms with Crippen molar-refractivity contribution in [3.05, 3.63) is 80.4 Å². The van der Waals surface area contributed by atoms with Gasteiger partial charge >= 0.3 is 0 Å². The fourth-order valence-electron chi connectivity index (χ4n) is 3.75. The predicted octanol–water partition coefficient (Wildman–Crippen LogP) is 5.21. The zero-order valence-corrected chi connectivity index (χ0v) is 24.2. The number of primary sulfonamides is 1. The highest BCUT2D eigenvalue weighted by Crippen LogP contribution is 2.37. The van der Waals surface area contributed by atoms with Crippen LogP contribution in [0.3, 0.4) is 0 Å². The minimum Gasteiger partial charge on any atom is -0.494 e. The maximum absolute atomic E-state index is 13.5. The highest BCUT2D eigenvalue weighted by molar-refractivity contribution is 9.11. The second-order valence-corrected chi connectivity index (χ2v) is 12.8. The number of rotatable bonds is 8. The first-order chi connectivity index (χ1) is 17.4. The summed E-state index contributed by atoms with van der Waals surface area (Å²) in [6.45, 7) is 1.83. The first-order valence-corrected chi connectivity index (χ1v) is 15.3. The summed E-state index contributed by atoms with van der Waals surface area (Å²) in [5, 5.41) is 5.55. The number of hydrogen-bond donors (Lipinski definition) is 2. The summed E-state index contributed by atoms with van der Waals surface area (Å²) in [7, 11) is -6.45. The molecule has 3 aromatic carbocycles. The number of aryl methyl sites for hydroxylation is 1. The van der Waals surface area contributed by atoms with E-state index < -0.39 is 20.0 Å². The zero-order valence-electron chi connectivity index (χ0n) is 19.4. The second kappa shape index (κ2) is 10.2. The van der Waals surface area contributed by atoms with Crippen molar-refractivity contribution in [2.24, 2.45) is 5.14 Å². The average molecular weight is 672 g/mol. The number of furan rings is 1. The lowest BCUT2D eigenvalue weighted by Gasteiger charge is -2.09. The van der Waals surface area contributed by atoms with Gasteiger partial charge in [-0.2, -0.15) is 0 Å². The molecule has 0 saturated heterocycles. The molecule has 9 nitrogen and oxygen atoms in total. The highest BCUT2D eigenvalue weighted by atomic mass is 79.9. The number of fused-ring (bicyclic) bond motifs is 1. The molecule has 0 unspecified atom stereocenters. The molecule has 0 fully saturated rings. The molecule has 0 atom stereocenters. The maximum Gasteiger partial charge on any atom is 0.262 e. The summed E-state index contributed by atoms with van der Waals surface area (Å²) in [5.41, 5.74) is 1.11. The minimum atomic E-state index is -4.06. The van der Waals surface area contributed by atoms with Gasteiger partial charge in [-0.1, -0.05) is 6.92 Å². The Morgan fingerprint density at radius 3 is 2.11 bits per heavy atom. The molecule has 1 heterocycles. The summed E-state index contributed by atoms with van der Waals surface area (Å²) >= 11 is 6.81. The number of hydrogen-bond acceptors (Lipinski definition) is 7. The van der Waals surface area contributed by atoms with Crippen molar-refractivity contribution in [3.63, 3.8) is 0 Å². The van der Waals surface area contributed by atoms with Gasteiger partial charge in [-0.15, -0.1) is 0 Å². The molecule has 0 aliphatic heterocycles. The Morgan fingerprint density at radius 1 is 0.973 bits per heavy atom. The summed E-state index contributed by atoms with van der Waals surface area (Å²) in [5.74, 6) is 0.679. The molecule has 0 aliphatic carbocycles. The van der Waals surface area contributed by atoms with Crippen LogP contribution in [0.2, 0.25) is 0 Å². The van der Waals surface area contributed by atoms with Crippen molar-refractivity contribution in [2.45, 2.75) is 23.1 Å². The second-order valence-electron chi connectivity index (χ2n) is 7.89. The summed E-state index contributed by atoms with van der Waals surface area (Å²) in [6, 6.07) is 12.5. The summed E-state index contributed by atoms with van der Waals surface area (Å²) in [6.07, 6.45) is 0.408. The third-order valence-corrected chi connectivity index (χ3v) is 8.98. The van der Waals surface area contributed by atoms with E-state index >= 15 is 0 Å². The molecule has 13 heteroatoms. The number of ether oxygens (including phenoxy) is 1. The third-order valence-electron chi connectivity index (χ3n) is 5.49. The van der Waals surface area contributed by atoms with Gasteiger partial charge in [-0.3, -0.25) is 9.52 Å². The van der Waals surface area contributed by atoms with Crippen molar-refractivity contribution in [2.75, 3.05) is 11.8 Å². The van der Waals surface area contributed by atoms with Crippen molar-refractivity contribution in [3.8, 4) is 5.75 Å². The molecule has 0 saturated carbocycles. The fraction of sp³-hybridized carbons (Fsp3) is 0.125. The van der Waals surface area contributed by atoms with E-state index in [2.05, 4.69) is 36.6 Å². The normalized spacial score (nSPS) is 12.0. The molecule has 0 spiro atoms. The SMILES string of the molecule is CCc1oc2cc(S(=O)(=O)Nc3ccc(S(N)(=O)=O)cc3)ccc2c1C(=O)c1cc(Br)c(OC)c(Br)c1. The Labute approximate surface area is 230 Å². The monoisotopic (exact) mass is 670 g/mol. The minimum absolute atomic E-state index is 0.0964. The van der Waals surface area contributed by atoms with Crippen LogP contribution >= 0.6 is 31.9 Å². The van der Waals surface area contributed by atoms with Crippen molar-refractivity contribution in [1.29, 1.82) is 0 Å². The smallest absolute Gasteiger partial charge is 0.262 e. The Balaban J connectivity index is 1.71. The van der Waals surface area contributed by atoms with Gasteiger partial charge in [0.15, 0.2) is 5.78 Å². The number of anilines is 1. The van der Waals surface area contributed by atoms with Crippen LogP contribution in [0.15, 0.2) is 77.8 Å². The highest BCUT2D eigenvalue weighted by Gasteiger charge is 2.25. The van der Waals surface area contributed by atoms with Crippen LogP contribution < -0.4 is 14.6 Å². The lowest BCUT2D eigenvalue weighted by molar-refractivity contribution is 0.103. The van der Waals surface area contributed by atoms with Gasteiger partial charge < -0.3 is 9.15 Å². The average Bonchev–Trinajstić information content (AvgIpc) is 3.21. The van der Waals surface area contributed by atoms with Crippen LogP contribution in [0.1, 0.15) is 28.6 Å². The number of carbonyl (C=O) groups is 1. The van der Waals surface area contributed by atoms with E-state index in [1.165, 1.54) is 49.6 Å². The number of nitrogens with two attached hydrogens (primary N) is 1. The lowest BCUT2D eigenvalue weighted by atomic mass is 9.99. The molecule has 1 aromatic heterocycles. The van der Waals surface area contributed by atoms with E-state index in [9.17, 15) is 21.6 Å². The largest absolute Gasteiger partial charge is 0.494 e. The molecular formula is C24H20Br2N2O7S2. The topological polar surface area (TPSA) is 146 Å². The van der Waals surface area contributed by atoms with E-state index in [4.69, 9.17) is 14.3 Å². The first-order valence-electron chi connectivity index (χ1n) is 10.6. The fourth-order valence-corrected chi connectivity index (χ4v) is 6.85. The molecule has 4 aromatic rings. The number of methoxy groups -OCH3 is 1. The maximum atomic E-state index is 13.5. The number of sulfonamides is 2. The van der Waals surface area contributed by atoms with Crippen molar-refractivity contribution >= 4 is 74.3 Å². The number of ketones is 1. The van der Waals surface area contributed by atoms with Gasteiger partial charge in [-0.05, 0) is 80.4 Å². The molecular weight excluding hydrogens is 652 g/mol. The van der Waals surface area contributed by atoms with Gasteiger partial charge in [0.25, 0.3) is 10.0 Å². The van der Waals surface area contributed by atoms with Crippen molar-refractivity contribution < 1.29 is 30.8 Å². The standard InChI is InChI=1S/C24H20Br2N2O7S2/c1-3-20-22(23(29)13-10-18(25)24(34-2)19(26)11-13)17-9-8-16(12-21(17)35-20)37(32,33)28-14-4-6-15(7-5-14)36(27,30)31/h4-12,28H,3H2,1-2H3,(H2,27,30,31). The number of carbonyl (C=O) groups excluding carboxylic acids is 1. The molecule has 0 aliphatic rings. The van der Waals surface area contributed by atoms with Crippen LogP contribution in [0.5, 0.6) is 5.75 Å². The van der Waals surface area contributed by atoms with Crippen LogP contribution in [0.25, 0.3) is 11.0 Å². The Bertz CT molecular complexity index is 1720. The van der Waals surface area contributed by atoms with E-state index in [-0.39, 0.29) is 26.8 Å². The summed E-state index contributed by atoms with van der Waals surface area (Å²) in [4.78, 5) is 13.3. The van der Waals surface area contributed by atoms with Crippen LogP contribution in [0.4, 0.5) is 5.69 Å². The van der Waals surface area contributed by atoms with Crippen LogP contribution in [-0.4, -0.2) is 29.7 Å². The Morgan fingerprint density at radius 2 is 1.57 bits per heavy atom. The molecule has 4 rings (SSSR count). The van der Waals surface area contributed by atoms with Crippen LogP contribution in [-0.2, 0) is 26.5 Å². The van der Waals surface area contributed by atoms with E-state index in [1.54, 1.807) is 12.1 Å². The van der Waals surface area contributed by atoms with E-state index in [0.717, 1.165) is 0 Å². The third kappa shape index (κ3) is 5.46. The quantitative estimate of drug-likeness (QED) is 0.245. The molecule has 3 N–H and O–H groups in total. The summed E-state index contributed by atoms with van der Waals surface area (Å²) < 4.78 is 63.6. The predicted molar refractivity (Wildman–Crippen MR) is 146 cm³/mol. The Kier molecular flexibility index (Phi) is 7.55. The number of benzene rings is 3. The van der Waals surface area contributed by atoms with E-state index in [0.29, 0.717) is 43.4 Å². The van der Waals surface area contributed by atoms with Gasteiger partial charge in [0.05, 0.1) is 31.4 Å². The number of nitrogens with one attached hydrogen (secondary N) is 1. The van der Waals surface area contributed by atoms with Gasteiger partial charge in [0.2, 0.25) is 10.0 Å². The van der Waals surface area contributed by atoms with Gasteiger partial charge in [0, 0.05) is 29.1 Å².